The largest absolute Gasteiger partial charge is 0.0892 e. The summed E-state index contributed by atoms with van der Waals surface area (Å²) in [5, 5.41) is -0.752. The SMILES string of the molecule is [B]C(c1ccccc1)(c1ccccc1)C(C)(c1ccccc1)c1ccccc1. The molecular formula is C27H23B. The zero-order valence-corrected chi connectivity index (χ0v) is 16.1. The highest BCUT2D eigenvalue weighted by molar-refractivity contribution is 6.20. The van der Waals surface area contributed by atoms with Crippen LogP contribution in [0.1, 0.15) is 29.2 Å². The number of benzene rings is 4. The smallest absolute Gasteiger partial charge is 0.0622 e. The molecule has 4 aromatic carbocycles. The molecule has 0 atom stereocenters. The van der Waals surface area contributed by atoms with Crippen molar-refractivity contribution in [3.63, 3.8) is 0 Å². The Kier molecular flexibility index (Phi) is 4.92. The van der Waals surface area contributed by atoms with Crippen molar-refractivity contribution in [2.45, 2.75) is 17.7 Å². The van der Waals surface area contributed by atoms with Gasteiger partial charge in [-0.05, 0) is 27.6 Å². The minimum Gasteiger partial charge on any atom is -0.0622 e. The highest BCUT2D eigenvalue weighted by Gasteiger charge is 2.48. The van der Waals surface area contributed by atoms with E-state index in [-0.39, 0.29) is 0 Å². The van der Waals surface area contributed by atoms with Gasteiger partial charge in [-0.1, -0.05) is 128 Å². The highest BCUT2D eigenvalue weighted by atomic mass is 14.5. The van der Waals surface area contributed by atoms with Gasteiger partial charge in [0.1, 0.15) is 0 Å². The molecule has 0 amide bonds. The summed E-state index contributed by atoms with van der Waals surface area (Å²) in [6, 6.07) is 42.1. The predicted molar refractivity (Wildman–Crippen MR) is 119 cm³/mol. The molecule has 0 fully saturated rings. The molecule has 1 heteroatoms. The van der Waals surface area contributed by atoms with Gasteiger partial charge in [-0.15, -0.1) is 0 Å². The summed E-state index contributed by atoms with van der Waals surface area (Å²) in [7, 11) is 7.48. The fraction of sp³-hybridized carbons (Fsp3) is 0.111. The van der Waals surface area contributed by atoms with Crippen molar-refractivity contribution < 1.29 is 0 Å². The molecule has 28 heavy (non-hydrogen) atoms. The predicted octanol–water partition coefficient (Wildman–Crippen LogP) is 6.10. The van der Waals surface area contributed by atoms with E-state index in [0.29, 0.717) is 0 Å². The van der Waals surface area contributed by atoms with E-state index in [4.69, 9.17) is 7.85 Å². The molecule has 0 N–H and O–H groups in total. The zero-order valence-electron chi connectivity index (χ0n) is 16.1. The molecule has 0 aliphatic carbocycles. The monoisotopic (exact) mass is 358 g/mol. The second-order valence-electron chi connectivity index (χ2n) is 7.40. The van der Waals surface area contributed by atoms with Crippen LogP contribution in [0.5, 0.6) is 0 Å². The second kappa shape index (κ2) is 7.52. The zero-order chi connectivity index (χ0) is 19.5. The van der Waals surface area contributed by atoms with Gasteiger partial charge in [-0.2, -0.15) is 0 Å². The molecule has 0 spiro atoms. The van der Waals surface area contributed by atoms with Gasteiger partial charge in [0, 0.05) is 5.41 Å². The molecule has 0 heterocycles. The Morgan fingerprint density at radius 3 is 0.964 bits per heavy atom. The molecule has 2 radical (unpaired) electrons. The van der Waals surface area contributed by atoms with Crippen LogP contribution in [0.4, 0.5) is 0 Å². The van der Waals surface area contributed by atoms with Crippen LogP contribution in [0.2, 0.25) is 0 Å². The van der Waals surface area contributed by atoms with Crippen molar-refractivity contribution in [2.75, 3.05) is 0 Å². The van der Waals surface area contributed by atoms with Crippen molar-refractivity contribution in [1.29, 1.82) is 0 Å². The summed E-state index contributed by atoms with van der Waals surface area (Å²) < 4.78 is 0. The van der Waals surface area contributed by atoms with Crippen LogP contribution in [-0.4, -0.2) is 7.85 Å². The minimum absolute atomic E-state index is 0.474. The summed E-state index contributed by atoms with van der Waals surface area (Å²) >= 11 is 0. The maximum Gasteiger partial charge on any atom is 0.0892 e. The lowest BCUT2D eigenvalue weighted by Crippen LogP contribution is -2.49. The summed E-state index contributed by atoms with van der Waals surface area (Å²) in [4.78, 5) is 0. The molecule has 0 saturated carbocycles. The topological polar surface area (TPSA) is 0 Å². The van der Waals surface area contributed by atoms with Crippen LogP contribution in [0.15, 0.2) is 121 Å². The van der Waals surface area contributed by atoms with Crippen molar-refractivity contribution >= 4 is 7.85 Å². The molecule has 0 unspecified atom stereocenters. The first kappa shape index (κ1) is 18.3. The third-order valence-corrected chi connectivity index (χ3v) is 5.95. The second-order valence-corrected chi connectivity index (χ2v) is 7.40. The molecule has 0 bridgehead atoms. The molecule has 0 aromatic heterocycles. The third-order valence-electron chi connectivity index (χ3n) is 5.95. The number of hydrogen-bond donors (Lipinski definition) is 0. The highest BCUT2D eigenvalue weighted by Crippen LogP contribution is 2.50. The van der Waals surface area contributed by atoms with Gasteiger partial charge in [0.05, 0.1) is 7.85 Å². The van der Waals surface area contributed by atoms with Crippen LogP contribution >= 0.6 is 0 Å². The van der Waals surface area contributed by atoms with Crippen LogP contribution in [0, 0.1) is 0 Å². The van der Waals surface area contributed by atoms with Gasteiger partial charge in [0.15, 0.2) is 0 Å². The molecule has 4 aromatic rings. The molecule has 0 aliphatic rings. The molecule has 0 saturated heterocycles. The van der Waals surface area contributed by atoms with E-state index >= 15 is 0 Å². The van der Waals surface area contributed by atoms with Gasteiger partial charge in [-0.3, -0.25) is 0 Å². The van der Waals surface area contributed by atoms with E-state index in [1.165, 1.54) is 11.1 Å². The lowest BCUT2D eigenvalue weighted by molar-refractivity contribution is 0.447. The van der Waals surface area contributed by atoms with E-state index in [1.54, 1.807) is 0 Å². The van der Waals surface area contributed by atoms with Crippen molar-refractivity contribution in [1.82, 2.24) is 0 Å². The van der Waals surface area contributed by atoms with Crippen LogP contribution in [0.3, 0.4) is 0 Å². The van der Waals surface area contributed by atoms with Crippen molar-refractivity contribution in [3.05, 3.63) is 144 Å². The quantitative estimate of drug-likeness (QED) is 0.378. The molecule has 134 valence electrons. The lowest BCUT2D eigenvalue weighted by atomic mass is 9.43. The Morgan fingerprint density at radius 1 is 0.429 bits per heavy atom. The average molecular weight is 358 g/mol. The summed E-state index contributed by atoms with van der Waals surface area (Å²) in [5.74, 6) is 0. The van der Waals surface area contributed by atoms with Crippen molar-refractivity contribution in [2.24, 2.45) is 0 Å². The first-order valence-corrected chi connectivity index (χ1v) is 9.68. The fourth-order valence-corrected chi connectivity index (χ4v) is 4.31. The summed E-state index contributed by atoms with van der Waals surface area (Å²) in [6.45, 7) is 2.26. The Labute approximate surface area is 169 Å². The van der Waals surface area contributed by atoms with E-state index in [1.807, 2.05) is 12.1 Å². The van der Waals surface area contributed by atoms with E-state index in [9.17, 15) is 0 Å². The first-order chi connectivity index (χ1) is 13.7. The normalized spacial score (nSPS) is 11.9. The van der Waals surface area contributed by atoms with E-state index < -0.39 is 10.7 Å². The standard InChI is InChI=1S/C27H23B/c1-26(22-14-6-2-7-15-22,23-16-8-3-9-17-23)27(28,24-18-10-4-11-19-24)25-20-12-5-13-21-25/h2-21H,1H3. The average Bonchev–Trinajstić information content (AvgIpc) is 2.80. The maximum atomic E-state index is 7.48. The Bertz CT molecular complexity index is 843. The van der Waals surface area contributed by atoms with Crippen molar-refractivity contribution in [3.8, 4) is 0 Å². The molecule has 0 aliphatic heterocycles. The van der Waals surface area contributed by atoms with Crippen LogP contribution in [-0.2, 0) is 10.7 Å². The summed E-state index contributed by atoms with van der Waals surface area (Å²) in [5.41, 5.74) is 4.10. The summed E-state index contributed by atoms with van der Waals surface area (Å²) in [6.07, 6.45) is 0. The Hall–Kier alpha value is -3.06. The molecule has 0 nitrogen and oxygen atoms in total. The third kappa shape index (κ3) is 2.88. The van der Waals surface area contributed by atoms with Gasteiger partial charge < -0.3 is 0 Å². The van der Waals surface area contributed by atoms with E-state index in [2.05, 4.69) is 116 Å². The van der Waals surface area contributed by atoms with Crippen LogP contribution < -0.4 is 0 Å². The first-order valence-electron chi connectivity index (χ1n) is 9.68. The number of hydrogen-bond acceptors (Lipinski definition) is 0. The van der Waals surface area contributed by atoms with Gasteiger partial charge in [-0.25, -0.2) is 0 Å². The van der Waals surface area contributed by atoms with Crippen LogP contribution in [0.25, 0.3) is 0 Å². The maximum absolute atomic E-state index is 7.48. The van der Waals surface area contributed by atoms with Gasteiger partial charge in [0.25, 0.3) is 0 Å². The minimum atomic E-state index is -0.752. The fourth-order valence-electron chi connectivity index (χ4n) is 4.31. The van der Waals surface area contributed by atoms with Gasteiger partial charge >= 0.3 is 0 Å². The Balaban J connectivity index is 2.09. The molecular weight excluding hydrogens is 335 g/mol. The lowest BCUT2D eigenvalue weighted by Gasteiger charge is -2.49. The molecule has 4 rings (SSSR count). The van der Waals surface area contributed by atoms with Gasteiger partial charge in [0.2, 0.25) is 0 Å². The Morgan fingerprint density at radius 2 is 0.679 bits per heavy atom. The number of rotatable bonds is 5. The van der Waals surface area contributed by atoms with E-state index in [0.717, 1.165) is 11.1 Å².